The average Bonchev–Trinajstić information content (AvgIpc) is 2.30. The zero-order valence-electron chi connectivity index (χ0n) is 5.96. The van der Waals surface area contributed by atoms with E-state index in [2.05, 4.69) is 10.5 Å². The number of thioether (sulfide) groups is 1. The molecule has 1 aromatic rings. The average molecular weight is 158 g/mol. The smallest absolute Gasteiger partial charge is 0.163 e. The molecule has 0 saturated heterocycles. The molecule has 56 valence electrons. The molecule has 5 heteroatoms. The molecule has 10 heavy (non-hydrogen) atoms. The standard InChI is InChI=1S/C5H10N4S/c1-9-5(10-2)3-4(7-6)8-9/h3H,6H2,1-2H3,(H,7,8). The van der Waals surface area contributed by atoms with Gasteiger partial charge in [-0.25, -0.2) is 5.84 Å². The van der Waals surface area contributed by atoms with E-state index in [9.17, 15) is 0 Å². The highest BCUT2D eigenvalue weighted by Crippen LogP contribution is 2.16. The van der Waals surface area contributed by atoms with Gasteiger partial charge in [0.2, 0.25) is 0 Å². The first kappa shape index (κ1) is 7.43. The van der Waals surface area contributed by atoms with E-state index < -0.39 is 0 Å². The molecule has 0 aromatic carbocycles. The van der Waals surface area contributed by atoms with Crippen molar-refractivity contribution in [1.82, 2.24) is 9.78 Å². The lowest BCUT2D eigenvalue weighted by Gasteiger charge is -1.92. The van der Waals surface area contributed by atoms with E-state index in [1.807, 2.05) is 19.4 Å². The Morgan fingerprint density at radius 2 is 2.50 bits per heavy atom. The van der Waals surface area contributed by atoms with Crippen LogP contribution in [-0.4, -0.2) is 16.0 Å². The summed E-state index contributed by atoms with van der Waals surface area (Å²) in [5.41, 5.74) is 2.48. The van der Waals surface area contributed by atoms with Gasteiger partial charge in [0.1, 0.15) is 0 Å². The first-order valence-electron chi connectivity index (χ1n) is 2.82. The van der Waals surface area contributed by atoms with E-state index in [1.165, 1.54) is 0 Å². The second kappa shape index (κ2) is 2.94. The molecular formula is C5H10N4S. The fourth-order valence-electron chi connectivity index (χ4n) is 0.712. The minimum Gasteiger partial charge on any atom is -0.307 e. The second-order valence-corrected chi connectivity index (χ2v) is 2.67. The summed E-state index contributed by atoms with van der Waals surface area (Å²) in [5, 5.41) is 5.15. The number of anilines is 1. The van der Waals surface area contributed by atoms with Gasteiger partial charge in [0.05, 0.1) is 5.03 Å². The third-order valence-corrected chi connectivity index (χ3v) is 1.99. The Kier molecular flexibility index (Phi) is 2.18. The van der Waals surface area contributed by atoms with Crippen LogP contribution in [0.25, 0.3) is 0 Å². The highest BCUT2D eigenvalue weighted by molar-refractivity contribution is 7.98. The van der Waals surface area contributed by atoms with Crippen LogP contribution in [-0.2, 0) is 7.05 Å². The van der Waals surface area contributed by atoms with Crippen LogP contribution in [0, 0.1) is 0 Å². The van der Waals surface area contributed by atoms with Crippen molar-refractivity contribution in [2.45, 2.75) is 5.03 Å². The fourth-order valence-corrected chi connectivity index (χ4v) is 1.25. The Balaban J connectivity index is 2.92. The predicted octanol–water partition coefficient (Wildman–Crippen LogP) is 0.428. The first-order chi connectivity index (χ1) is 4.77. The lowest BCUT2D eigenvalue weighted by Crippen LogP contribution is -2.07. The van der Waals surface area contributed by atoms with E-state index >= 15 is 0 Å². The van der Waals surface area contributed by atoms with Crippen molar-refractivity contribution in [2.75, 3.05) is 11.7 Å². The molecule has 0 aliphatic rings. The van der Waals surface area contributed by atoms with Gasteiger partial charge < -0.3 is 5.43 Å². The van der Waals surface area contributed by atoms with E-state index in [0.29, 0.717) is 5.82 Å². The lowest BCUT2D eigenvalue weighted by atomic mass is 10.7. The number of nitrogens with one attached hydrogen (secondary N) is 1. The quantitative estimate of drug-likeness (QED) is 0.372. The zero-order valence-corrected chi connectivity index (χ0v) is 6.77. The molecule has 1 rings (SSSR count). The van der Waals surface area contributed by atoms with Crippen molar-refractivity contribution >= 4 is 17.6 Å². The van der Waals surface area contributed by atoms with E-state index in [0.717, 1.165) is 5.03 Å². The number of hydrogen-bond donors (Lipinski definition) is 2. The number of aryl methyl sites for hydroxylation is 1. The molecule has 3 N–H and O–H groups in total. The van der Waals surface area contributed by atoms with Crippen molar-refractivity contribution in [2.24, 2.45) is 12.9 Å². The van der Waals surface area contributed by atoms with Crippen molar-refractivity contribution < 1.29 is 0 Å². The van der Waals surface area contributed by atoms with Crippen molar-refractivity contribution in [3.05, 3.63) is 6.07 Å². The number of nitrogens with zero attached hydrogens (tertiary/aromatic N) is 2. The summed E-state index contributed by atoms with van der Waals surface area (Å²) in [6.07, 6.45) is 2.00. The minimum atomic E-state index is 0.701. The molecule has 0 spiro atoms. The Hall–Kier alpha value is -0.680. The summed E-state index contributed by atoms with van der Waals surface area (Å²) in [7, 11) is 1.88. The van der Waals surface area contributed by atoms with Crippen LogP contribution in [0.1, 0.15) is 0 Å². The predicted molar refractivity (Wildman–Crippen MR) is 42.8 cm³/mol. The van der Waals surface area contributed by atoms with Crippen LogP contribution >= 0.6 is 11.8 Å². The third-order valence-electron chi connectivity index (χ3n) is 1.19. The minimum absolute atomic E-state index is 0.701. The summed E-state index contributed by atoms with van der Waals surface area (Å²) < 4.78 is 1.78. The van der Waals surface area contributed by atoms with Gasteiger partial charge in [-0.05, 0) is 6.26 Å². The monoisotopic (exact) mass is 158 g/mol. The fraction of sp³-hybridized carbons (Fsp3) is 0.400. The van der Waals surface area contributed by atoms with Gasteiger partial charge in [-0.2, -0.15) is 5.10 Å². The second-order valence-electron chi connectivity index (χ2n) is 1.84. The van der Waals surface area contributed by atoms with Gasteiger partial charge in [0, 0.05) is 13.1 Å². The van der Waals surface area contributed by atoms with Crippen LogP contribution in [0.4, 0.5) is 5.82 Å². The summed E-state index contributed by atoms with van der Waals surface area (Å²) in [6, 6.07) is 1.89. The largest absolute Gasteiger partial charge is 0.307 e. The van der Waals surface area contributed by atoms with Gasteiger partial charge in [-0.15, -0.1) is 11.8 Å². The van der Waals surface area contributed by atoms with Crippen LogP contribution in [0.5, 0.6) is 0 Å². The normalized spacial score (nSPS) is 9.90. The molecule has 0 atom stereocenters. The molecule has 1 aromatic heterocycles. The first-order valence-corrected chi connectivity index (χ1v) is 4.05. The van der Waals surface area contributed by atoms with Crippen LogP contribution in [0.2, 0.25) is 0 Å². The SMILES string of the molecule is CSc1cc(NN)nn1C. The molecule has 0 saturated carbocycles. The Morgan fingerprint density at radius 3 is 2.80 bits per heavy atom. The lowest BCUT2D eigenvalue weighted by molar-refractivity contribution is 0.701. The topological polar surface area (TPSA) is 55.9 Å². The summed E-state index contributed by atoms with van der Waals surface area (Å²) >= 11 is 1.64. The molecule has 0 aliphatic carbocycles. The summed E-state index contributed by atoms with van der Waals surface area (Å²) in [5.74, 6) is 5.85. The molecule has 0 unspecified atom stereocenters. The van der Waals surface area contributed by atoms with Crippen LogP contribution in [0.3, 0.4) is 0 Å². The van der Waals surface area contributed by atoms with E-state index in [4.69, 9.17) is 5.84 Å². The Bertz CT molecular complexity index is 219. The van der Waals surface area contributed by atoms with Gasteiger partial charge in [-0.1, -0.05) is 0 Å². The van der Waals surface area contributed by atoms with Crippen LogP contribution in [0.15, 0.2) is 11.1 Å². The maximum atomic E-state index is 5.15. The highest BCUT2D eigenvalue weighted by atomic mass is 32.2. The molecule has 0 radical (unpaired) electrons. The number of rotatable bonds is 2. The molecule has 0 amide bonds. The van der Waals surface area contributed by atoms with Crippen LogP contribution < -0.4 is 11.3 Å². The molecule has 0 aliphatic heterocycles. The van der Waals surface area contributed by atoms with Gasteiger partial charge in [-0.3, -0.25) is 4.68 Å². The molecular weight excluding hydrogens is 148 g/mol. The molecule has 4 nitrogen and oxygen atoms in total. The number of nitrogen functional groups attached to an aromatic ring is 1. The number of hydrazine groups is 1. The maximum Gasteiger partial charge on any atom is 0.163 e. The van der Waals surface area contributed by atoms with E-state index in [-0.39, 0.29) is 0 Å². The van der Waals surface area contributed by atoms with Gasteiger partial charge >= 0.3 is 0 Å². The number of aromatic nitrogens is 2. The number of nitrogens with two attached hydrogens (primary N) is 1. The van der Waals surface area contributed by atoms with Gasteiger partial charge in [0.25, 0.3) is 0 Å². The summed E-state index contributed by atoms with van der Waals surface area (Å²) in [4.78, 5) is 0. The van der Waals surface area contributed by atoms with Gasteiger partial charge in [0.15, 0.2) is 5.82 Å². The zero-order chi connectivity index (χ0) is 7.56. The summed E-state index contributed by atoms with van der Waals surface area (Å²) in [6.45, 7) is 0. The number of hydrogen-bond acceptors (Lipinski definition) is 4. The van der Waals surface area contributed by atoms with Crippen molar-refractivity contribution in [3.8, 4) is 0 Å². The maximum absolute atomic E-state index is 5.15. The Morgan fingerprint density at radius 1 is 1.80 bits per heavy atom. The molecule has 0 fully saturated rings. The molecule has 1 heterocycles. The molecule has 0 bridgehead atoms. The van der Waals surface area contributed by atoms with Crippen molar-refractivity contribution in [3.63, 3.8) is 0 Å². The van der Waals surface area contributed by atoms with Crippen molar-refractivity contribution in [1.29, 1.82) is 0 Å². The third kappa shape index (κ3) is 1.25. The Labute approximate surface area is 63.8 Å². The van der Waals surface area contributed by atoms with E-state index in [1.54, 1.807) is 16.4 Å². The highest BCUT2D eigenvalue weighted by Gasteiger charge is 2.00.